The molecule has 2 rings (SSSR count). The first-order chi connectivity index (χ1) is 10.5. The first-order valence-electron chi connectivity index (χ1n) is 7.11. The lowest BCUT2D eigenvalue weighted by Crippen LogP contribution is -2.34. The third kappa shape index (κ3) is 3.79. The van der Waals surface area contributed by atoms with Gasteiger partial charge in [-0.25, -0.2) is 4.39 Å². The molecule has 0 aliphatic heterocycles. The largest absolute Gasteiger partial charge is 0.349 e. The summed E-state index contributed by atoms with van der Waals surface area (Å²) in [5.41, 5.74) is 1.29. The number of benzene rings is 2. The van der Waals surface area contributed by atoms with Crippen LogP contribution in [-0.2, 0) is 4.79 Å². The van der Waals surface area contributed by atoms with Gasteiger partial charge in [0.05, 0.1) is 6.04 Å². The molecule has 2 atom stereocenters. The van der Waals surface area contributed by atoms with Crippen molar-refractivity contribution >= 4 is 11.7 Å². The molecule has 2 aromatic carbocycles. The number of carbonyl (C=O) groups is 2. The van der Waals surface area contributed by atoms with E-state index in [0.29, 0.717) is 11.1 Å². The van der Waals surface area contributed by atoms with Crippen LogP contribution in [0.4, 0.5) is 4.39 Å². The average Bonchev–Trinajstić information content (AvgIpc) is 2.53. The molecule has 22 heavy (non-hydrogen) atoms. The molecule has 0 aliphatic carbocycles. The molecule has 0 saturated carbocycles. The van der Waals surface area contributed by atoms with Gasteiger partial charge < -0.3 is 5.32 Å². The number of ketones is 1. The Balaban J connectivity index is 2.30. The van der Waals surface area contributed by atoms with E-state index in [4.69, 9.17) is 0 Å². The maximum Gasteiger partial charge on any atom is 0.217 e. The number of amides is 1. The Morgan fingerprint density at radius 1 is 1.00 bits per heavy atom. The van der Waals surface area contributed by atoms with Crippen molar-refractivity contribution in [2.75, 3.05) is 0 Å². The molecule has 1 N–H and O–H groups in total. The van der Waals surface area contributed by atoms with Crippen molar-refractivity contribution in [2.45, 2.75) is 19.9 Å². The molecule has 0 aromatic heterocycles. The summed E-state index contributed by atoms with van der Waals surface area (Å²) in [6.45, 7) is 3.16. The third-order valence-corrected chi connectivity index (χ3v) is 3.56. The summed E-state index contributed by atoms with van der Waals surface area (Å²) >= 11 is 0. The van der Waals surface area contributed by atoms with Gasteiger partial charge in [0, 0.05) is 18.4 Å². The van der Waals surface area contributed by atoms with E-state index in [2.05, 4.69) is 5.32 Å². The van der Waals surface area contributed by atoms with Gasteiger partial charge in [0.1, 0.15) is 5.82 Å². The van der Waals surface area contributed by atoms with E-state index in [1.165, 1.54) is 19.1 Å². The van der Waals surface area contributed by atoms with Crippen molar-refractivity contribution in [3.8, 4) is 0 Å². The van der Waals surface area contributed by atoms with Crippen molar-refractivity contribution in [2.24, 2.45) is 5.92 Å². The van der Waals surface area contributed by atoms with Crippen LogP contribution >= 0.6 is 0 Å². The predicted molar refractivity (Wildman–Crippen MR) is 82.9 cm³/mol. The maximum atomic E-state index is 13.1. The van der Waals surface area contributed by atoms with Crippen LogP contribution in [0.15, 0.2) is 54.6 Å². The van der Waals surface area contributed by atoms with Crippen LogP contribution in [0.5, 0.6) is 0 Å². The average molecular weight is 299 g/mol. The van der Waals surface area contributed by atoms with E-state index >= 15 is 0 Å². The molecule has 0 fully saturated rings. The summed E-state index contributed by atoms with van der Waals surface area (Å²) in [7, 11) is 0. The van der Waals surface area contributed by atoms with Crippen LogP contribution < -0.4 is 5.32 Å². The highest BCUT2D eigenvalue weighted by atomic mass is 19.1. The summed E-state index contributed by atoms with van der Waals surface area (Å²) in [5.74, 6) is -1.12. The van der Waals surface area contributed by atoms with Gasteiger partial charge in [0.2, 0.25) is 5.91 Å². The fourth-order valence-electron chi connectivity index (χ4n) is 2.40. The minimum atomic E-state index is -0.495. The highest BCUT2D eigenvalue weighted by Gasteiger charge is 2.27. The maximum absolute atomic E-state index is 13.1. The zero-order chi connectivity index (χ0) is 16.1. The SMILES string of the molecule is CC(=O)NC(c1ccc(F)cc1)C(C)C(=O)c1ccccc1. The normalized spacial score (nSPS) is 13.2. The van der Waals surface area contributed by atoms with Crippen molar-refractivity contribution < 1.29 is 14.0 Å². The van der Waals surface area contributed by atoms with Crippen molar-refractivity contribution in [3.63, 3.8) is 0 Å². The Hall–Kier alpha value is -2.49. The van der Waals surface area contributed by atoms with Gasteiger partial charge in [-0.05, 0) is 17.7 Å². The number of Topliss-reactive ketones (excluding diaryl/α,β-unsaturated/α-hetero) is 1. The van der Waals surface area contributed by atoms with E-state index < -0.39 is 12.0 Å². The number of hydrogen-bond acceptors (Lipinski definition) is 2. The van der Waals surface area contributed by atoms with Gasteiger partial charge in [-0.2, -0.15) is 0 Å². The van der Waals surface area contributed by atoms with E-state index in [1.807, 2.05) is 6.07 Å². The van der Waals surface area contributed by atoms with Crippen molar-refractivity contribution in [1.82, 2.24) is 5.32 Å². The lowest BCUT2D eigenvalue weighted by atomic mass is 9.88. The minimum Gasteiger partial charge on any atom is -0.349 e. The molecule has 3 nitrogen and oxygen atoms in total. The standard InChI is InChI=1S/C18H18FNO2/c1-12(18(22)15-6-4-3-5-7-15)17(20-13(2)21)14-8-10-16(19)11-9-14/h3-12,17H,1-2H3,(H,20,21). The first kappa shape index (κ1) is 15.9. The zero-order valence-corrected chi connectivity index (χ0v) is 12.5. The van der Waals surface area contributed by atoms with E-state index in [1.54, 1.807) is 43.3 Å². The van der Waals surface area contributed by atoms with Crippen LogP contribution in [0.1, 0.15) is 35.8 Å². The molecule has 0 heterocycles. The van der Waals surface area contributed by atoms with Crippen LogP contribution in [0.3, 0.4) is 0 Å². The van der Waals surface area contributed by atoms with Gasteiger partial charge in [0.25, 0.3) is 0 Å². The quantitative estimate of drug-likeness (QED) is 0.859. The van der Waals surface area contributed by atoms with Crippen LogP contribution in [-0.4, -0.2) is 11.7 Å². The lowest BCUT2D eigenvalue weighted by Gasteiger charge is -2.24. The molecule has 0 radical (unpaired) electrons. The van der Waals surface area contributed by atoms with Crippen LogP contribution in [0.2, 0.25) is 0 Å². The Morgan fingerprint density at radius 2 is 1.59 bits per heavy atom. The van der Waals surface area contributed by atoms with Gasteiger partial charge in [0.15, 0.2) is 5.78 Å². The van der Waals surface area contributed by atoms with Crippen LogP contribution in [0.25, 0.3) is 0 Å². The molecular formula is C18H18FNO2. The molecule has 0 spiro atoms. The summed E-state index contributed by atoms with van der Waals surface area (Å²) in [6.07, 6.45) is 0. The molecule has 0 bridgehead atoms. The number of nitrogens with one attached hydrogen (secondary N) is 1. The number of hydrogen-bond donors (Lipinski definition) is 1. The summed E-state index contributed by atoms with van der Waals surface area (Å²) in [6, 6.07) is 14.3. The number of carbonyl (C=O) groups excluding carboxylic acids is 2. The van der Waals surface area contributed by atoms with Crippen molar-refractivity contribution in [3.05, 3.63) is 71.5 Å². The van der Waals surface area contributed by atoms with E-state index in [-0.39, 0.29) is 17.5 Å². The molecule has 2 aromatic rings. The summed E-state index contributed by atoms with van der Waals surface area (Å²) < 4.78 is 13.1. The van der Waals surface area contributed by atoms with Gasteiger partial charge in [-0.3, -0.25) is 9.59 Å². The Morgan fingerprint density at radius 3 is 2.14 bits per heavy atom. The first-order valence-corrected chi connectivity index (χ1v) is 7.11. The Labute approximate surface area is 129 Å². The molecule has 0 saturated heterocycles. The fraction of sp³-hybridized carbons (Fsp3) is 0.222. The number of rotatable bonds is 5. The minimum absolute atomic E-state index is 0.0660. The van der Waals surface area contributed by atoms with Gasteiger partial charge >= 0.3 is 0 Å². The molecular weight excluding hydrogens is 281 g/mol. The van der Waals surface area contributed by atoms with Gasteiger partial charge in [-0.15, -0.1) is 0 Å². The second-order valence-corrected chi connectivity index (χ2v) is 5.25. The highest BCUT2D eigenvalue weighted by molar-refractivity contribution is 5.98. The fourth-order valence-corrected chi connectivity index (χ4v) is 2.40. The zero-order valence-electron chi connectivity index (χ0n) is 12.5. The monoisotopic (exact) mass is 299 g/mol. The predicted octanol–water partition coefficient (Wildman–Crippen LogP) is 3.52. The smallest absolute Gasteiger partial charge is 0.217 e. The second-order valence-electron chi connectivity index (χ2n) is 5.25. The molecule has 2 unspecified atom stereocenters. The van der Waals surface area contributed by atoms with E-state index in [0.717, 1.165) is 0 Å². The third-order valence-electron chi connectivity index (χ3n) is 3.56. The van der Waals surface area contributed by atoms with E-state index in [9.17, 15) is 14.0 Å². The van der Waals surface area contributed by atoms with Crippen molar-refractivity contribution in [1.29, 1.82) is 0 Å². The molecule has 4 heteroatoms. The Bertz CT molecular complexity index is 653. The molecule has 0 aliphatic rings. The summed E-state index contributed by atoms with van der Waals surface area (Å²) in [4.78, 5) is 24.0. The molecule has 114 valence electrons. The molecule has 1 amide bonds. The number of halogens is 1. The lowest BCUT2D eigenvalue weighted by molar-refractivity contribution is -0.119. The Kier molecular flexibility index (Phi) is 5.04. The second kappa shape index (κ2) is 6.98. The topological polar surface area (TPSA) is 46.2 Å². The highest BCUT2D eigenvalue weighted by Crippen LogP contribution is 2.25. The van der Waals surface area contributed by atoms with Crippen LogP contribution in [0, 0.1) is 11.7 Å². The van der Waals surface area contributed by atoms with Gasteiger partial charge in [-0.1, -0.05) is 49.4 Å². The summed E-state index contributed by atoms with van der Waals surface area (Å²) in [5, 5.41) is 2.78.